The molecule has 3 rings (SSSR count). The van der Waals surface area contributed by atoms with Gasteiger partial charge in [0.25, 0.3) is 0 Å². The highest BCUT2D eigenvalue weighted by Gasteiger charge is 2.64. The number of amides is 2. The van der Waals surface area contributed by atoms with E-state index >= 15 is 0 Å². The number of carboxylic acids is 1. The minimum atomic E-state index is -1.83. The van der Waals surface area contributed by atoms with E-state index in [-0.39, 0.29) is 31.9 Å². The monoisotopic (exact) mass is 542 g/mol. The van der Waals surface area contributed by atoms with Crippen molar-refractivity contribution in [2.75, 3.05) is 19.7 Å². The van der Waals surface area contributed by atoms with Crippen molar-refractivity contribution in [1.29, 1.82) is 0 Å². The van der Waals surface area contributed by atoms with Crippen LogP contribution < -0.4 is 0 Å². The molecule has 0 aromatic heterocycles. The molecule has 0 unspecified atom stereocenters. The molecule has 0 radical (unpaired) electrons. The number of carboxylic acid groups (broad SMARTS) is 1. The maximum Gasteiger partial charge on any atom is 0.410 e. The number of nitrogens with zero attached hydrogens (tertiary/aromatic N) is 2. The minimum absolute atomic E-state index is 0.0197. The van der Waals surface area contributed by atoms with Crippen molar-refractivity contribution in [3.05, 3.63) is 45.6 Å². The molecular formula is C24H28Cl2N2O8. The van der Waals surface area contributed by atoms with Gasteiger partial charge in [-0.25, -0.2) is 9.59 Å². The third-order valence-corrected chi connectivity index (χ3v) is 6.43. The maximum absolute atomic E-state index is 13.6. The maximum atomic E-state index is 13.6. The van der Waals surface area contributed by atoms with E-state index in [1.807, 2.05) is 0 Å². The lowest BCUT2D eigenvalue weighted by Gasteiger charge is -2.40. The first-order valence-electron chi connectivity index (χ1n) is 11.3. The number of fused-ring (bicyclic) bond motifs is 1. The average molecular weight is 543 g/mol. The van der Waals surface area contributed by atoms with E-state index in [0.29, 0.717) is 15.6 Å². The van der Waals surface area contributed by atoms with Crippen molar-refractivity contribution in [3.8, 4) is 0 Å². The molecule has 1 N–H and O–H groups in total. The van der Waals surface area contributed by atoms with Crippen LogP contribution in [0, 0.1) is 11.3 Å². The highest BCUT2D eigenvalue weighted by molar-refractivity contribution is 6.35. The molecule has 0 bridgehead atoms. The van der Waals surface area contributed by atoms with Crippen molar-refractivity contribution in [1.82, 2.24) is 9.80 Å². The standard InChI is InChI=1S/C24H28Cl2N2O8/c1-5-34-36-21(32)24-13-27(22(33)35-23(2,3)4)9-8-18(24)28(20(31)16(24)11-19(29)30)12-14-6-7-15(25)10-17(14)26/h6-8,10,16H,5,9,11-13H2,1-4H3,(H,29,30)/t16-,24-/m1/s1. The molecule has 10 nitrogen and oxygen atoms in total. The number of carbonyl (C=O) groups is 4. The number of aliphatic carboxylic acids is 1. The summed E-state index contributed by atoms with van der Waals surface area (Å²) in [6.07, 6.45) is 0.135. The van der Waals surface area contributed by atoms with E-state index in [1.54, 1.807) is 39.8 Å². The summed E-state index contributed by atoms with van der Waals surface area (Å²) in [7, 11) is 0. The van der Waals surface area contributed by atoms with Crippen LogP contribution in [-0.2, 0) is 35.4 Å². The van der Waals surface area contributed by atoms with Crippen LogP contribution >= 0.6 is 23.2 Å². The van der Waals surface area contributed by atoms with Gasteiger partial charge in [0.05, 0.1) is 25.5 Å². The highest BCUT2D eigenvalue weighted by atomic mass is 35.5. The zero-order valence-corrected chi connectivity index (χ0v) is 21.9. The Morgan fingerprint density at radius 3 is 2.50 bits per heavy atom. The second-order valence-corrected chi connectivity index (χ2v) is 10.4. The van der Waals surface area contributed by atoms with Crippen LogP contribution in [0.1, 0.15) is 39.7 Å². The van der Waals surface area contributed by atoms with Crippen molar-refractivity contribution >= 4 is 47.1 Å². The molecule has 36 heavy (non-hydrogen) atoms. The average Bonchev–Trinajstić information content (AvgIpc) is 3.00. The quantitative estimate of drug-likeness (QED) is 0.404. The number of likely N-dealkylation sites (tertiary alicyclic amines) is 1. The second kappa shape index (κ2) is 10.7. The van der Waals surface area contributed by atoms with Gasteiger partial charge in [0.1, 0.15) is 11.0 Å². The molecule has 12 heteroatoms. The van der Waals surface area contributed by atoms with Crippen LogP contribution in [0.25, 0.3) is 0 Å². The Kier molecular flexibility index (Phi) is 8.22. The molecular weight excluding hydrogens is 515 g/mol. The number of carbonyl (C=O) groups excluding carboxylic acids is 3. The summed E-state index contributed by atoms with van der Waals surface area (Å²) in [5.74, 6) is -4.26. The summed E-state index contributed by atoms with van der Waals surface area (Å²) >= 11 is 12.3. The fourth-order valence-corrected chi connectivity index (χ4v) is 4.83. The molecule has 2 aliphatic heterocycles. The Balaban J connectivity index is 2.11. The number of benzene rings is 1. The summed E-state index contributed by atoms with van der Waals surface area (Å²) in [5, 5.41) is 10.3. The first kappa shape index (κ1) is 27.8. The molecule has 2 amide bonds. The van der Waals surface area contributed by atoms with Gasteiger partial charge in [-0.1, -0.05) is 29.3 Å². The Labute approximate surface area is 218 Å². The highest BCUT2D eigenvalue weighted by Crippen LogP contribution is 2.51. The Morgan fingerprint density at radius 1 is 1.22 bits per heavy atom. The van der Waals surface area contributed by atoms with Gasteiger partial charge in [-0.2, -0.15) is 4.89 Å². The van der Waals surface area contributed by atoms with E-state index < -0.39 is 47.3 Å². The van der Waals surface area contributed by atoms with Crippen LogP contribution in [0.15, 0.2) is 30.0 Å². The van der Waals surface area contributed by atoms with Crippen LogP contribution in [0.4, 0.5) is 4.79 Å². The first-order valence-corrected chi connectivity index (χ1v) is 12.0. The Hall–Kier alpha value is -2.82. The Bertz CT molecular complexity index is 1100. The smallest absolute Gasteiger partial charge is 0.410 e. The third kappa shape index (κ3) is 5.61. The van der Waals surface area contributed by atoms with Crippen molar-refractivity contribution in [2.45, 2.75) is 46.3 Å². The first-order chi connectivity index (χ1) is 16.8. The van der Waals surface area contributed by atoms with E-state index in [4.69, 9.17) is 37.7 Å². The van der Waals surface area contributed by atoms with Gasteiger partial charge in [-0.15, -0.1) is 0 Å². The van der Waals surface area contributed by atoms with Crippen molar-refractivity contribution < 1.29 is 38.8 Å². The zero-order valence-electron chi connectivity index (χ0n) is 20.4. The van der Waals surface area contributed by atoms with E-state index in [1.165, 1.54) is 21.9 Å². The lowest BCUT2D eigenvalue weighted by Crippen LogP contribution is -2.54. The van der Waals surface area contributed by atoms with Crippen LogP contribution in [0.5, 0.6) is 0 Å². The van der Waals surface area contributed by atoms with Crippen LogP contribution in [0.3, 0.4) is 0 Å². The number of hydrogen-bond acceptors (Lipinski definition) is 7. The molecule has 1 aromatic rings. The summed E-state index contributed by atoms with van der Waals surface area (Å²) in [6.45, 7) is 6.33. The number of ether oxygens (including phenoxy) is 1. The molecule has 1 saturated heterocycles. The summed E-state index contributed by atoms with van der Waals surface area (Å²) in [6, 6.07) is 4.76. The minimum Gasteiger partial charge on any atom is -0.481 e. The molecule has 0 spiro atoms. The fourth-order valence-electron chi connectivity index (χ4n) is 4.37. The lowest BCUT2D eigenvalue weighted by molar-refractivity contribution is -0.279. The zero-order chi connectivity index (χ0) is 26.8. The number of rotatable bonds is 7. The summed E-state index contributed by atoms with van der Waals surface area (Å²) in [4.78, 5) is 64.2. The molecule has 2 heterocycles. The van der Waals surface area contributed by atoms with Gasteiger partial charge in [-0.05, 0) is 51.5 Å². The molecule has 2 atom stereocenters. The predicted octanol–water partition coefficient (Wildman–Crippen LogP) is 4.04. The van der Waals surface area contributed by atoms with E-state index in [0.717, 1.165) is 0 Å². The predicted molar refractivity (Wildman–Crippen MR) is 129 cm³/mol. The number of halogens is 2. The van der Waals surface area contributed by atoms with Gasteiger partial charge in [0.15, 0.2) is 0 Å². The largest absolute Gasteiger partial charge is 0.481 e. The third-order valence-electron chi connectivity index (χ3n) is 5.84. The lowest BCUT2D eigenvalue weighted by atomic mass is 9.72. The number of hydrogen-bond donors (Lipinski definition) is 1. The molecule has 196 valence electrons. The van der Waals surface area contributed by atoms with Gasteiger partial charge in [0, 0.05) is 28.8 Å². The van der Waals surface area contributed by atoms with E-state index in [2.05, 4.69) is 0 Å². The Morgan fingerprint density at radius 2 is 1.92 bits per heavy atom. The molecule has 1 aromatic carbocycles. The normalized spacial score (nSPS) is 21.7. The molecule has 0 aliphatic carbocycles. The van der Waals surface area contributed by atoms with Gasteiger partial charge >= 0.3 is 18.0 Å². The van der Waals surface area contributed by atoms with Gasteiger partial charge in [-0.3, -0.25) is 14.5 Å². The molecule has 1 fully saturated rings. The SMILES string of the molecule is CCOOC(=O)[C@@]12CN(C(=O)OC(C)(C)C)CC=C1N(Cc1ccc(Cl)cc1Cl)C(=O)[C@H]2CC(=O)O. The molecule has 2 aliphatic rings. The fraction of sp³-hybridized carbons (Fsp3) is 0.500. The summed E-state index contributed by atoms with van der Waals surface area (Å²) < 4.78 is 5.45. The molecule has 0 saturated carbocycles. The van der Waals surface area contributed by atoms with Crippen LogP contribution in [0.2, 0.25) is 10.0 Å². The van der Waals surface area contributed by atoms with Gasteiger partial charge < -0.3 is 19.6 Å². The topological polar surface area (TPSA) is 123 Å². The van der Waals surface area contributed by atoms with E-state index in [9.17, 15) is 24.3 Å². The van der Waals surface area contributed by atoms with Crippen LogP contribution in [-0.4, -0.2) is 64.1 Å². The summed E-state index contributed by atoms with van der Waals surface area (Å²) in [5.41, 5.74) is -1.90. The second-order valence-electron chi connectivity index (χ2n) is 9.51. The van der Waals surface area contributed by atoms with Crippen molar-refractivity contribution in [2.24, 2.45) is 11.3 Å². The van der Waals surface area contributed by atoms with Crippen molar-refractivity contribution in [3.63, 3.8) is 0 Å². The van der Waals surface area contributed by atoms with Gasteiger partial charge in [0.2, 0.25) is 5.91 Å².